The van der Waals surface area contributed by atoms with E-state index in [9.17, 15) is 23.3 Å². The molecule has 0 bridgehead atoms. The molecule has 8 heteroatoms. The van der Waals surface area contributed by atoms with Gasteiger partial charge in [0, 0.05) is 25.7 Å². The number of halogens is 3. The zero-order valence-electron chi connectivity index (χ0n) is 13.8. The van der Waals surface area contributed by atoms with Gasteiger partial charge in [-0.2, -0.15) is 13.2 Å². The quantitative estimate of drug-likeness (QED) is 0.586. The summed E-state index contributed by atoms with van der Waals surface area (Å²) in [7, 11) is 0. The maximum atomic E-state index is 12.9. The summed E-state index contributed by atoms with van der Waals surface area (Å²) in [5.74, 6) is -0.127. The van der Waals surface area contributed by atoms with E-state index in [0.717, 1.165) is 30.8 Å². The van der Waals surface area contributed by atoms with Crippen molar-refractivity contribution in [2.24, 2.45) is 0 Å². The molecule has 1 heterocycles. The van der Waals surface area contributed by atoms with Gasteiger partial charge in [0.1, 0.15) is 11.9 Å². The molecule has 5 nitrogen and oxygen atoms in total. The van der Waals surface area contributed by atoms with Crippen molar-refractivity contribution in [3.8, 4) is 5.75 Å². The second-order valence-corrected chi connectivity index (χ2v) is 6.22. The van der Waals surface area contributed by atoms with Crippen molar-refractivity contribution in [3.05, 3.63) is 69.8 Å². The Kier molecular flexibility index (Phi) is 5.13. The van der Waals surface area contributed by atoms with E-state index < -0.39 is 22.4 Å². The summed E-state index contributed by atoms with van der Waals surface area (Å²) in [5, 5.41) is 10.9. The minimum absolute atomic E-state index is 0.127. The third kappa shape index (κ3) is 4.51. The summed E-state index contributed by atoms with van der Waals surface area (Å²) in [6.07, 6.45) is -4.32. The van der Waals surface area contributed by atoms with Crippen LogP contribution in [-0.2, 0) is 12.7 Å². The Hall–Kier alpha value is -2.61. The van der Waals surface area contributed by atoms with Crippen LogP contribution in [0.1, 0.15) is 17.5 Å². The molecule has 138 valence electrons. The number of benzene rings is 2. The highest BCUT2D eigenvalue weighted by atomic mass is 19.4. The lowest BCUT2D eigenvalue weighted by Gasteiger charge is -2.17. The molecular weight excluding hydrogens is 349 g/mol. The van der Waals surface area contributed by atoms with Crippen LogP contribution in [0.4, 0.5) is 18.9 Å². The van der Waals surface area contributed by atoms with Crippen LogP contribution in [0, 0.1) is 10.1 Å². The number of likely N-dealkylation sites (tertiary alicyclic amines) is 1. The summed E-state index contributed by atoms with van der Waals surface area (Å²) in [6, 6.07) is 12.2. The fourth-order valence-electron chi connectivity index (χ4n) is 2.99. The number of non-ortho nitro benzene ring substituents is 1. The van der Waals surface area contributed by atoms with E-state index in [1.165, 1.54) is 0 Å². The molecule has 1 fully saturated rings. The lowest BCUT2D eigenvalue weighted by atomic mass is 10.2. The first-order valence-corrected chi connectivity index (χ1v) is 8.11. The molecule has 2 aromatic rings. The number of hydrogen-bond acceptors (Lipinski definition) is 4. The minimum atomic E-state index is -4.67. The van der Waals surface area contributed by atoms with Crippen LogP contribution >= 0.6 is 0 Å². The second-order valence-electron chi connectivity index (χ2n) is 6.22. The van der Waals surface area contributed by atoms with Crippen molar-refractivity contribution in [2.45, 2.75) is 25.2 Å². The minimum Gasteiger partial charge on any atom is -0.489 e. The molecule has 0 unspecified atom stereocenters. The number of rotatable bonds is 5. The number of hydrogen-bond donors (Lipinski definition) is 0. The van der Waals surface area contributed by atoms with Gasteiger partial charge in [-0.05, 0) is 18.1 Å². The highest BCUT2D eigenvalue weighted by Gasteiger charge is 2.34. The monoisotopic (exact) mass is 366 g/mol. The van der Waals surface area contributed by atoms with Gasteiger partial charge in [0.15, 0.2) is 0 Å². The molecule has 0 radical (unpaired) electrons. The van der Waals surface area contributed by atoms with Crippen molar-refractivity contribution < 1.29 is 22.8 Å². The van der Waals surface area contributed by atoms with Crippen LogP contribution in [0.3, 0.4) is 0 Å². The zero-order valence-corrected chi connectivity index (χ0v) is 13.8. The van der Waals surface area contributed by atoms with Crippen molar-refractivity contribution in [1.82, 2.24) is 4.90 Å². The van der Waals surface area contributed by atoms with Gasteiger partial charge >= 0.3 is 6.18 Å². The van der Waals surface area contributed by atoms with Gasteiger partial charge in [0.25, 0.3) is 5.69 Å². The van der Waals surface area contributed by atoms with Crippen molar-refractivity contribution in [1.29, 1.82) is 0 Å². The molecule has 1 atom stereocenters. The third-order valence-electron chi connectivity index (χ3n) is 4.21. The van der Waals surface area contributed by atoms with Crippen molar-refractivity contribution in [2.75, 3.05) is 13.1 Å². The number of alkyl halides is 3. The summed E-state index contributed by atoms with van der Waals surface area (Å²) >= 11 is 0. The highest BCUT2D eigenvalue weighted by molar-refractivity contribution is 5.44. The summed E-state index contributed by atoms with van der Waals surface area (Å²) in [5.41, 5.74) is -0.572. The molecule has 3 rings (SSSR count). The van der Waals surface area contributed by atoms with Gasteiger partial charge in [-0.3, -0.25) is 15.0 Å². The van der Waals surface area contributed by atoms with Crippen LogP contribution in [0.2, 0.25) is 0 Å². The number of nitrogens with zero attached hydrogens (tertiary/aromatic N) is 2. The molecule has 0 aliphatic carbocycles. The Bertz CT molecular complexity index is 781. The highest BCUT2D eigenvalue weighted by Crippen LogP contribution is 2.35. The van der Waals surface area contributed by atoms with Gasteiger partial charge in [-0.15, -0.1) is 0 Å². The molecule has 0 aromatic heterocycles. The first kappa shape index (κ1) is 18.2. The van der Waals surface area contributed by atoms with Gasteiger partial charge in [0.2, 0.25) is 0 Å². The molecule has 1 saturated heterocycles. The van der Waals surface area contributed by atoms with Gasteiger partial charge in [0.05, 0.1) is 16.6 Å². The van der Waals surface area contributed by atoms with Crippen LogP contribution < -0.4 is 4.74 Å². The Morgan fingerprint density at radius 2 is 1.92 bits per heavy atom. The lowest BCUT2D eigenvalue weighted by molar-refractivity contribution is -0.385. The van der Waals surface area contributed by atoms with Gasteiger partial charge < -0.3 is 4.74 Å². The maximum Gasteiger partial charge on any atom is 0.416 e. The van der Waals surface area contributed by atoms with Crippen molar-refractivity contribution in [3.63, 3.8) is 0 Å². The Labute approximate surface area is 148 Å². The summed E-state index contributed by atoms with van der Waals surface area (Å²) < 4.78 is 44.5. The molecule has 26 heavy (non-hydrogen) atoms. The SMILES string of the molecule is O=[N+]([O-])c1cc(O[C@@H]2CCN(Cc3ccccc3)C2)cc(C(F)(F)F)c1. The van der Waals surface area contributed by atoms with Crippen molar-refractivity contribution >= 4 is 5.69 Å². The van der Waals surface area contributed by atoms with Gasteiger partial charge in [-0.25, -0.2) is 0 Å². The van der Waals surface area contributed by atoms with Crippen LogP contribution in [-0.4, -0.2) is 29.0 Å². The molecule has 0 saturated carbocycles. The van der Waals surface area contributed by atoms with Gasteiger partial charge in [-0.1, -0.05) is 30.3 Å². The van der Waals surface area contributed by atoms with E-state index in [1.807, 2.05) is 30.3 Å². The van der Waals surface area contributed by atoms with E-state index in [4.69, 9.17) is 4.74 Å². The van der Waals surface area contributed by atoms with E-state index >= 15 is 0 Å². The topological polar surface area (TPSA) is 55.6 Å². The Morgan fingerprint density at radius 1 is 1.19 bits per heavy atom. The standard InChI is InChI=1S/C18H17F3N2O3/c19-18(20,21)14-8-15(23(24)25)10-17(9-14)26-16-6-7-22(12-16)11-13-4-2-1-3-5-13/h1-5,8-10,16H,6-7,11-12H2/t16-/m1/s1. The number of ether oxygens (including phenoxy) is 1. The average Bonchev–Trinajstić information content (AvgIpc) is 3.01. The van der Waals surface area contributed by atoms with E-state index in [2.05, 4.69) is 4.90 Å². The van der Waals surface area contributed by atoms with E-state index in [-0.39, 0.29) is 11.9 Å². The van der Waals surface area contributed by atoms with E-state index in [1.54, 1.807) is 0 Å². The second kappa shape index (κ2) is 7.33. The molecule has 0 N–H and O–H groups in total. The molecule has 1 aliphatic heterocycles. The first-order chi connectivity index (χ1) is 12.3. The fraction of sp³-hybridized carbons (Fsp3) is 0.333. The molecule has 2 aromatic carbocycles. The fourth-order valence-corrected chi connectivity index (χ4v) is 2.99. The number of nitro benzene ring substituents is 1. The molecule has 1 aliphatic rings. The predicted octanol–water partition coefficient (Wildman–Crippen LogP) is 4.27. The van der Waals surface area contributed by atoms with E-state index in [0.29, 0.717) is 19.0 Å². The van der Waals surface area contributed by atoms with Crippen LogP contribution in [0.5, 0.6) is 5.75 Å². The maximum absolute atomic E-state index is 12.9. The normalized spacial score (nSPS) is 18.0. The van der Waals surface area contributed by atoms with Crippen LogP contribution in [0.25, 0.3) is 0 Å². The smallest absolute Gasteiger partial charge is 0.416 e. The Balaban J connectivity index is 1.69. The van der Waals surface area contributed by atoms with Crippen LogP contribution in [0.15, 0.2) is 48.5 Å². The largest absolute Gasteiger partial charge is 0.489 e. The molecule has 0 spiro atoms. The molecular formula is C18H17F3N2O3. The predicted molar refractivity (Wildman–Crippen MR) is 88.9 cm³/mol. The third-order valence-corrected chi connectivity index (χ3v) is 4.21. The zero-order chi connectivity index (χ0) is 18.7. The Morgan fingerprint density at radius 3 is 2.58 bits per heavy atom. The molecule has 0 amide bonds. The number of nitro groups is 1. The summed E-state index contributed by atoms with van der Waals surface area (Å²) in [6.45, 7) is 2.03. The summed E-state index contributed by atoms with van der Waals surface area (Å²) in [4.78, 5) is 12.2. The first-order valence-electron chi connectivity index (χ1n) is 8.11. The average molecular weight is 366 g/mol. The lowest BCUT2D eigenvalue weighted by Crippen LogP contribution is -2.24.